The van der Waals surface area contributed by atoms with Crippen LogP contribution in [-0.2, 0) is 28.3 Å². The molecule has 0 bridgehead atoms. The topological polar surface area (TPSA) is 49.4 Å². The second-order valence-electron chi connectivity index (χ2n) is 8.69. The summed E-state index contributed by atoms with van der Waals surface area (Å²) in [4.78, 5) is 28.8. The van der Waals surface area contributed by atoms with Crippen LogP contribution in [0.5, 0.6) is 0 Å². The summed E-state index contributed by atoms with van der Waals surface area (Å²) in [6.45, 7) is 2.76. The lowest BCUT2D eigenvalue weighted by molar-refractivity contribution is -0.139. The van der Waals surface area contributed by atoms with Gasteiger partial charge in [0.1, 0.15) is 6.04 Å². The van der Waals surface area contributed by atoms with Crippen molar-refractivity contribution < 1.29 is 9.59 Å². The van der Waals surface area contributed by atoms with Gasteiger partial charge in [-0.05, 0) is 41.8 Å². The summed E-state index contributed by atoms with van der Waals surface area (Å²) in [7, 11) is 0. The van der Waals surface area contributed by atoms with Crippen molar-refractivity contribution >= 4 is 58.4 Å². The molecule has 0 aliphatic heterocycles. The molecule has 4 nitrogen and oxygen atoms in total. The van der Waals surface area contributed by atoms with Gasteiger partial charge < -0.3 is 10.2 Å². The fourth-order valence-electron chi connectivity index (χ4n) is 3.88. The van der Waals surface area contributed by atoms with Crippen molar-refractivity contribution in [3.8, 4) is 0 Å². The Bertz CT molecular complexity index is 1160. The third-order valence-corrected chi connectivity index (χ3v) is 7.81. The van der Waals surface area contributed by atoms with E-state index >= 15 is 0 Å². The molecule has 0 aromatic heterocycles. The van der Waals surface area contributed by atoms with E-state index in [1.165, 1.54) is 11.8 Å². The number of hydrogen-bond acceptors (Lipinski definition) is 3. The minimum Gasteiger partial charge on any atom is -0.354 e. The molecule has 0 saturated carbocycles. The van der Waals surface area contributed by atoms with E-state index in [0.717, 1.165) is 24.0 Å². The minimum atomic E-state index is -0.717. The van der Waals surface area contributed by atoms with Gasteiger partial charge in [0, 0.05) is 45.9 Å². The van der Waals surface area contributed by atoms with Gasteiger partial charge in [0.2, 0.25) is 11.8 Å². The van der Waals surface area contributed by atoms with Crippen LogP contribution in [0.25, 0.3) is 0 Å². The molecule has 0 aliphatic carbocycles. The zero-order valence-electron chi connectivity index (χ0n) is 20.8. The number of nitrogens with zero attached hydrogens (tertiary/aromatic N) is 1. The Morgan fingerprint density at radius 2 is 1.59 bits per heavy atom. The summed E-state index contributed by atoms with van der Waals surface area (Å²) in [5, 5.41) is 4.60. The molecular weight excluding hydrogens is 547 g/mol. The second-order valence-corrected chi connectivity index (χ2v) is 10.9. The van der Waals surface area contributed by atoms with Crippen LogP contribution in [0.4, 0.5) is 0 Å². The third-order valence-electron chi connectivity index (χ3n) is 5.87. The van der Waals surface area contributed by atoms with Gasteiger partial charge >= 0.3 is 0 Å². The summed E-state index contributed by atoms with van der Waals surface area (Å²) in [6, 6.07) is 21.8. The number of unbranched alkanes of at least 4 members (excludes halogenated alkanes) is 1. The van der Waals surface area contributed by atoms with Crippen molar-refractivity contribution in [3.05, 3.63) is 105 Å². The van der Waals surface area contributed by atoms with Crippen LogP contribution in [0, 0.1) is 0 Å². The van der Waals surface area contributed by atoms with Gasteiger partial charge in [-0.1, -0.05) is 96.7 Å². The van der Waals surface area contributed by atoms with E-state index in [-0.39, 0.29) is 24.1 Å². The number of thioether (sulfide) groups is 1. The van der Waals surface area contributed by atoms with Gasteiger partial charge in [-0.15, -0.1) is 11.8 Å². The predicted molar refractivity (Wildman–Crippen MR) is 156 cm³/mol. The normalized spacial score (nSPS) is 11.7. The van der Waals surface area contributed by atoms with Crippen LogP contribution >= 0.6 is 46.6 Å². The number of carbonyl (C=O) groups is 2. The van der Waals surface area contributed by atoms with E-state index in [2.05, 4.69) is 12.2 Å². The number of nitrogens with one attached hydrogen (secondary N) is 1. The molecule has 1 atom stereocenters. The molecule has 0 radical (unpaired) electrons. The Morgan fingerprint density at radius 1 is 0.919 bits per heavy atom. The van der Waals surface area contributed by atoms with Crippen molar-refractivity contribution in [2.45, 2.75) is 44.5 Å². The lowest BCUT2D eigenvalue weighted by atomic mass is 10.0. The van der Waals surface area contributed by atoms with E-state index in [9.17, 15) is 9.59 Å². The maximum absolute atomic E-state index is 13.7. The highest BCUT2D eigenvalue weighted by Gasteiger charge is 2.31. The van der Waals surface area contributed by atoms with E-state index in [1.54, 1.807) is 23.1 Å². The molecule has 0 saturated heterocycles. The Balaban J connectivity index is 1.88. The highest BCUT2D eigenvalue weighted by molar-refractivity contribution is 7.99. The largest absolute Gasteiger partial charge is 0.354 e. The van der Waals surface area contributed by atoms with Crippen molar-refractivity contribution in [2.75, 3.05) is 12.3 Å². The molecule has 0 unspecified atom stereocenters. The number of hydrogen-bond donors (Lipinski definition) is 1. The van der Waals surface area contributed by atoms with Crippen molar-refractivity contribution in [3.63, 3.8) is 0 Å². The zero-order chi connectivity index (χ0) is 26.6. The fraction of sp³-hybridized carbons (Fsp3) is 0.310. The molecule has 0 heterocycles. The van der Waals surface area contributed by atoms with Gasteiger partial charge in [0.15, 0.2) is 0 Å². The van der Waals surface area contributed by atoms with Crippen LogP contribution in [0.3, 0.4) is 0 Å². The predicted octanol–water partition coefficient (Wildman–Crippen LogP) is 7.44. The number of benzene rings is 3. The lowest BCUT2D eigenvalue weighted by Crippen LogP contribution is -2.51. The first-order valence-electron chi connectivity index (χ1n) is 12.2. The molecule has 3 aromatic rings. The van der Waals surface area contributed by atoms with Crippen LogP contribution < -0.4 is 5.32 Å². The van der Waals surface area contributed by atoms with E-state index in [0.29, 0.717) is 39.3 Å². The highest BCUT2D eigenvalue weighted by atomic mass is 35.5. The van der Waals surface area contributed by atoms with Crippen molar-refractivity contribution in [1.29, 1.82) is 0 Å². The quantitative estimate of drug-likeness (QED) is 0.215. The summed E-state index contributed by atoms with van der Waals surface area (Å²) in [5.74, 6) is 0.476. The summed E-state index contributed by atoms with van der Waals surface area (Å²) in [6.07, 6.45) is 2.21. The average Bonchev–Trinajstić information content (AvgIpc) is 2.88. The number of amides is 2. The molecule has 3 aromatic carbocycles. The maximum atomic E-state index is 13.7. The molecule has 0 spiro atoms. The SMILES string of the molecule is CCCCNC(=O)[C@H](Cc1ccccc1)N(Cc1c(Cl)cccc1Cl)C(=O)CSCc1cccc(Cl)c1. The Labute approximate surface area is 238 Å². The number of rotatable bonds is 13. The molecule has 37 heavy (non-hydrogen) atoms. The van der Waals surface area contributed by atoms with E-state index in [1.807, 2.05) is 54.6 Å². The van der Waals surface area contributed by atoms with Gasteiger partial charge in [-0.25, -0.2) is 0 Å². The van der Waals surface area contributed by atoms with E-state index < -0.39 is 6.04 Å². The maximum Gasteiger partial charge on any atom is 0.243 e. The molecule has 8 heteroatoms. The summed E-state index contributed by atoms with van der Waals surface area (Å²) >= 11 is 20.6. The number of halogens is 3. The molecule has 0 fully saturated rings. The van der Waals surface area contributed by atoms with Crippen molar-refractivity contribution in [1.82, 2.24) is 10.2 Å². The molecule has 3 rings (SSSR count). The minimum absolute atomic E-state index is 0.133. The smallest absolute Gasteiger partial charge is 0.243 e. The zero-order valence-corrected chi connectivity index (χ0v) is 23.8. The highest BCUT2D eigenvalue weighted by Crippen LogP contribution is 2.28. The first kappa shape index (κ1) is 29.4. The molecule has 2 amide bonds. The molecular formula is C29H31Cl3N2O2S. The molecule has 0 aliphatic rings. The monoisotopic (exact) mass is 576 g/mol. The third kappa shape index (κ3) is 9.26. The Hall–Kier alpha value is -2.18. The van der Waals surface area contributed by atoms with Gasteiger partial charge in [0.25, 0.3) is 0 Å². The lowest BCUT2D eigenvalue weighted by Gasteiger charge is -2.32. The second kappa shape index (κ2) is 15.3. The first-order chi connectivity index (χ1) is 17.9. The Morgan fingerprint density at radius 3 is 2.27 bits per heavy atom. The Kier molecular flexibility index (Phi) is 12.1. The van der Waals surface area contributed by atoms with Crippen LogP contribution in [-0.4, -0.2) is 35.1 Å². The molecule has 196 valence electrons. The van der Waals surface area contributed by atoms with Crippen LogP contribution in [0.15, 0.2) is 72.8 Å². The fourth-order valence-corrected chi connectivity index (χ4v) is 5.47. The first-order valence-corrected chi connectivity index (χ1v) is 14.5. The van der Waals surface area contributed by atoms with Crippen LogP contribution in [0.2, 0.25) is 15.1 Å². The van der Waals surface area contributed by atoms with Gasteiger partial charge in [-0.3, -0.25) is 9.59 Å². The molecule has 1 N–H and O–H groups in total. The standard InChI is InChI=1S/C29H31Cl3N2O2S/c1-2-3-15-33-29(36)27(17-21-9-5-4-6-10-21)34(18-24-25(31)13-8-14-26(24)32)28(35)20-37-19-22-11-7-12-23(30)16-22/h4-14,16,27H,2-3,15,17-20H2,1H3,(H,33,36)/t27-/m0/s1. The van der Waals surface area contributed by atoms with Gasteiger partial charge in [0.05, 0.1) is 5.75 Å². The average molecular weight is 578 g/mol. The van der Waals surface area contributed by atoms with Gasteiger partial charge in [-0.2, -0.15) is 0 Å². The summed E-state index contributed by atoms with van der Waals surface area (Å²) in [5.41, 5.74) is 2.62. The number of carbonyl (C=O) groups excluding carboxylic acids is 2. The van der Waals surface area contributed by atoms with Crippen molar-refractivity contribution in [2.24, 2.45) is 0 Å². The summed E-state index contributed by atoms with van der Waals surface area (Å²) < 4.78 is 0. The van der Waals surface area contributed by atoms with E-state index in [4.69, 9.17) is 34.8 Å². The van der Waals surface area contributed by atoms with Crippen LogP contribution in [0.1, 0.15) is 36.5 Å².